The Morgan fingerprint density at radius 1 is 0.846 bits per heavy atom. The molecule has 0 aliphatic carbocycles. The topological polar surface area (TPSA) is 72.9 Å². The minimum absolute atomic E-state index is 0.0752. The van der Waals surface area contributed by atoms with E-state index in [-0.39, 0.29) is 6.03 Å². The summed E-state index contributed by atoms with van der Waals surface area (Å²) in [5.41, 5.74) is 1.49. The summed E-state index contributed by atoms with van der Waals surface area (Å²) in [6.45, 7) is 3.26. The number of hydrogen-bond donors (Lipinski definition) is 2. The largest absolute Gasteiger partial charge is 0.480 e. The van der Waals surface area contributed by atoms with Gasteiger partial charge in [-0.2, -0.15) is 0 Å². The number of carboxylic acids is 1. The molecule has 2 amide bonds. The van der Waals surface area contributed by atoms with Gasteiger partial charge in [-0.3, -0.25) is 9.69 Å². The van der Waals surface area contributed by atoms with E-state index in [1.54, 1.807) is 0 Å². The third-order valence-corrected chi connectivity index (χ3v) is 5.36. The average molecular weight is 359 g/mol. The van der Waals surface area contributed by atoms with Crippen LogP contribution in [-0.4, -0.2) is 53.1 Å². The van der Waals surface area contributed by atoms with E-state index in [9.17, 15) is 14.7 Å². The van der Waals surface area contributed by atoms with Crippen LogP contribution >= 0.6 is 0 Å². The SMILES string of the molecule is O=C(O)[C@H](c1ccc(NC(=O)N2CCCC2)cc1)N1CCCCCCC1. The zero-order valence-electron chi connectivity index (χ0n) is 15.3. The normalized spacial score (nSPS) is 20.2. The number of likely N-dealkylation sites (tertiary alicyclic amines) is 2. The van der Waals surface area contributed by atoms with E-state index >= 15 is 0 Å². The Balaban J connectivity index is 1.67. The summed E-state index contributed by atoms with van der Waals surface area (Å²) in [5.74, 6) is -0.806. The van der Waals surface area contributed by atoms with Gasteiger partial charge in [0.05, 0.1) is 0 Å². The lowest BCUT2D eigenvalue weighted by atomic mass is 10.0. The first kappa shape index (κ1) is 18.7. The Hall–Kier alpha value is -2.08. The Morgan fingerprint density at radius 3 is 1.96 bits per heavy atom. The molecule has 0 bridgehead atoms. The highest BCUT2D eigenvalue weighted by Crippen LogP contribution is 2.26. The summed E-state index contributed by atoms with van der Waals surface area (Å²) in [7, 11) is 0. The van der Waals surface area contributed by atoms with Crippen LogP contribution in [0.5, 0.6) is 0 Å². The van der Waals surface area contributed by atoms with Gasteiger partial charge in [0, 0.05) is 18.8 Å². The molecule has 2 aliphatic rings. The molecule has 0 radical (unpaired) electrons. The molecule has 0 spiro atoms. The molecule has 1 atom stereocenters. The predicted molar refractivity (Wildman–Crippen MR) is 101 cm³/mol. The fourth-order valence-electron chi connectivity index (χ4n) is 3.91. The van der Waals surface area contributed by atoms with E-state index in [0.29, 0.717) is 5.69 Å². The molecule has 3 rings (SSSR count). The highest BCUT2D eigenvalue weighted by Gasteiger charge is 2.27. The molecule has 2 heterocycles. The molecule has 2 N–H and O–H groups in total. The van der Waals surface area contributed by atoms with Gasteiger partial charge in [0.25, 0.3) is 0 Å². The van der Waals surface area contributed by atoms with Gasteiger partial charge >= 0.3 is 12.0 Å². The number of anilines is 1. The Kier molecular flexibility index (Phi) is 6.50. The maximum absolute atomic E-state index is 12.2. The molecular weight excluding hydrogens is 330 g/mol. The number of nitrogens with zero attached hydrogens (tertiary/aromatic N) is 2. The molecule has 0 unspecified atom stereocenters. The third-order valence-electron chi connectivity index (χ3n) is 5.36. The second-order valence-electron chi connectivity index (χ2n) is 7.29. The monoisotopic (exact) mass is 359 g/mol. The van der Waals surface area contributed by atoms with Gasteiger partial charge in [-0.05, 0) is 56.5 Å². The first-order chi connectivity index (χ1) is 12.6. The number of carbonyl (C=O) groups is 2. The van der Waals surface area contributed by atoms with Crippen molar-refractivity contribution in [1.29, 1.82) is 0 Å². The molecule has 26 heavy (non-hydrogen) atoms. The van der Waals surface area contributed by atoms with Gasteiger partial charge in [0.2, 0.25) is 0 Å². The lowest BCUT2D eigenvalue weighted by Gasteiger charge is -2.30. The average Bonchev–Trinajstić information content (AvgIpc) is 3.13. The molecule has 2 aliphatic heterocycles. The van der Waals surface area contributed by atoms with Crippen molar-refractivity contribution in [2.24, 2.45) is 0 Å². The van der Waals surface area contributed by atoms with E-state index in [1.165, 1.54) is 19.3 Å². The standard InChI is InChI=1S/C20H29N3O3/c24-19(25)18(22-12-4-2-1-3-5-13-22)16-8-10-17(11-9-16)21-20(26)23-14-6-7-15-23/h8-11,18H,1-7,12-15H2,(H,21,26)(H,24,25)/t18-/m0/s1. The number of aliphatic carboxylic acids is 1. The van der Waals surface area contributed by atoms with Crippen LogP contribution in [0.4, 0.5) is 10.5 Å². The van der Waals surface area contributed by atoms with E-state index < -0.39 is 12.0 Å². The number of nitrogens with one attached hydrogen (secondary N) is 1. The van der Waals surface area contributed by atoms with Crippen LogP contribution in [0, 0.1) is 0 Å². The number of carbonyl (C=O) groups excluding carboxylic acids is 1. The third kappa shape index (κ3) is 4.75. The first-order valence-corrected chi connectivity index (χ1v) is 9.78. The van der Waals surface area contributed by atoms with Gasteiger partial charge in [-0.15, -0.1) is 0 Å². The summed E-state index contributed by atoms with van der Waals surface area (Å²) in [5, 5.41) is 12.7. The summed E-state index contributed by atoms with van der Waals surface area (Å²) in [6.07, 6.45) is 7.80. The molecule has 0 aromatic heterocycles. The number of amides is 2. The van der Waals surface area contributed by atoms with Crippen molar-refractivity contribution in [3.05, 3.63) is 29.8 Å². The fraction of sp³-hybridized carbons (Fsp3) is 0.600. The molecule has 2 fully saturated rings. The van der Waals surface area contributed by atoms with E-state index in [0.717, 1.165) is 57.4 Å². The van der Waals surface area contributed by atoms with Crippen molar-refractivity contribution in [3.63, 3.8) is 0 Å². The van der Waals surface area contributed by atoms with Crippen molar-refractivity contribution in [2.75, 3.05) is 31.5 Å². The maximum Gasteiger partial charge on any atom is 0.325 e. The second-order valence-corrected chi connectivity index (χ2v) is 7.29. The molecule has 2 saturated heterocycles. The highest BCUT2D eigenvalue weighted by atomic mass is 16.4. The Labute approximate surface area is 155 Å². The van der Waals surface area contributed by atoms with Crippen LogP contribution < -0.4 is 5.32 Å². The first-order valence-electron chi connectivity index (χ1n) is 9.78. The zero-order chi connectivity index (χ0) is 18.4. The predicted octanol–water partition coefficient (Wildman–Crippen LogP) is 3.71. The minimum atomic E-state index is -0.806. The van der Waals surface area contributed by atoms with Crippen molar-refractivity contribution >= 4 is 17.7 Å². The van der Waals surface area contributed by atoms with Crippen molar-refractivity contribution < 1.29 is 14.7 Å². The summed E-state index contributed by atoms with van der Waals surface area (Å²) in [6, 6.07) is 6.59. The van der Waals surface area contributed by atoms with Crippen molar-refractivity contribution in [1.82, 2.24) is 9.80 Å². The molecule has 0 saturated carbocycles. The fourth-order valence-corrected chi connectivity index (χ4v) is 3.91. The number of urea groups is 1. The molecule has 1 aromatic rings. The van der Waals surface area contributed by atoms with Gasteiger partial charge in [0.15, 0.2) is 0 Å². The van der Waals surface area contributed by atoms with E-state index in [4.69, 9.17) is 0 Å². The van der Waals surface area contributed by atoms with E-state index in [2.05, 4.69) is 10.2 Å². The van der Waals surface area contributed by atoms with Crippen molar-refractivity contribution in [3.8, 4) is 0 Å². The van der Waals surface area contributed by atoms with Crippen LogP contribution in [0.25, 0.3) is 0 Å². The van der Waals surface area contributed by atoms with Gasteiger partial charge in [0.1, 0.15) is 6.04 Å². The molecule has 1 aromatic carbocycles. The second kappa shape index (κ2) is 9.03. The molecule has 6 nitrogen and oxygen atoms in total. The van der Waals surface area contributed by atoms with Crippen LogP contribution in [-0.2, 0) is 4.79 Å². The molecular formula is C20H29N3O3. The quantitative estimate of drug-likeness (QED) is 0.860. The molecule has 6 heteroatoms. The summed E-state index contributed by atoms with van der Waals surface area (Å²) < 4.78 is 0. The number of hydrogen-bond acceptors (Lipinski definition) is 3. The smallest absolute Gasteiger partial charge is 0.325 e. The number of benzene rings is 1. The lowest BCUT2D eigenvalue weighted by molar-refractivity contribution is -0.143. The van der Waals surface area contributed by atoms with Crippen LogP contribution in [0.2, 0.25) is 0 Å². The number of rotatable bonds is 4. The maximum atomic E-state index is 12.2. The molecule has 142 valence electrons. The minimum Gasteiger partial charge on any atom is -0.480 e. The van der Waals surface area contributed by atoms with Gasteiger partial charge in [-0.25, -0.2) is 4.79 Å². The van der Waals surface area contributed by atoms with Crippen LogP contribution in [0.15, 0.2) is 24.3 Å². The van der Waals surface area contributed by atoms with E-state index in [1.807, 2.05) is 29.2 Å². The Bertz CT molecular complexity index is 603. The highest BCUT2D eigenvalue weighted by molar-refractivity contribution is 5.89. The number of carboxylic acid groups (broad SMARTS) is 1. The van der Waals surface area contributed by atoms with Crippen molar-refractivity contribution in [2.45, 2.75) is 51.0 Å². The Morgan fingerprint density at radius 2 is 1.38 bits per heavy atom. The zero-order valence-corrected chi connectivity index (χ0v) is 15.3. The van der Waals surface area contributed by atoms with Gasteiger partial charge in [-0.1, -0.05) is 31.4 Å². The summed E-state index contributed by atoms with van der Waals surface area (Å²) >= 11 is 0. The van der Waals surface area contributed by atoms with Crippen LogP contribution in [0.3, 0.4) is 0 Å². The van der Waals surface area contributed by atoms with Crippen LogP contribution in [0.1, 0.15) is 56.6 Å². The summed E-state index contributed by atoms with van der Waals surface area (Å²) in [4.78, 5) is 28.0. The van der Waals surface area contributed by atoms with Gasteiger partial charge < -0.3 is 15.3 Å². The lowest BCUT2D eigenvalue weighted by Crippen LogP contribution is -2.36.